The van der Waals surface area contributed by atoms with E-state index in [2.05, 4.69) is 22.6 Å². The van der Waals surface area contributed by atoms with Crippen molar-refractivity contribution in [2.75, 3.05) is 0 Å². The highest BCUT2D eigenvalue weighted by Crippen LogP contribution is 2.00. The Labute approximate surface area is 59.8 Å². The van der Waals surface area contributed by atoms with Crippen molar-refractivity contribution in [1.29, 1.82) is 0 Å². The highest BCUT2D eigenvalue weighted by atomic mass is 28.1. The van der Waals surface area contributed by atoms with Crippen molar-refractivity contribution in [1.82, 2.24) is 0 Å². The Morgan fingerprint density at radius 3 is 2.78 bits per heavy atom. The average molecular weight is 138 g/mol. The van der Waals surface area contributed by atoms with Crippen molar-refractivity contribution in [3.63, 3.8) is 0 Å². The van der Waals surface area contributed by atoms with Crippen molar-refractivity contribution < 1.29 is 4.74 Å². The van der Waals surface area contributed by atoms with Crippen LogP contribution in [-0.4, -0.2) is 16.3 Å². The van der Waals surface area contributed by atoms with Crippen molar-refractivity contribution in [3.8, 4) is 0 Å². The Kier molecular flexibility index (Phi) is 4.23. The molecule has 0 heterocycles. The molecule has 1 atom stereocenters. The van der Waals surface area contributed by atoms with Crippen LogP contribution in [0.2, 0.25) is 0 Å². The molecule has 0 spiro atoms. The van der Waals surface area contributed by atoms with Gasteiger partial charge < -0.3 is 0 Å². The maximum absolute atomic E-state index is 5.08. The molecule has 0 bridgehead atoms. The molecule has 0 amide bonds. The minimum atomic E-state index is 0.0316. The molecule has 1 nitrogen and oxygen atoms in total. The Morgan fingerprint density at radius 1 is 1.89 bits per heavy atom. The van der Waals surface area contributed by atoms with Crippen LogP contribution in [0.1, 0.15) is 13.8 Å². The molecule has 0 aromatic rings. The summed E-state index contributed by atoms with van der Waals surface area (Å²) >= 11 is 0. The minimum Gasteiger partial charge on any atom is -0.189 e. The van der Waals surface area contributed by atoms with Crippen LogP contribution in [0.25, 0.3) is 0 Å². The molecule has 0 fully saturated rings. The summed E-state index contributed by atoms with van der Waals surface area (Å²) in [6, 6.07) is 0. The minimum absolute atomic E-state index is 0.0316. The van der Waals surface area contributed by atoms with Gasteiger partial charge in [0, 0.05) is 0 Å². The molecule has 0 aliphatic rings. The zero-order valence-corrected chi connectivity index (χ0v) is 6.77. The molecule has 0 N–H and O–H groups in total. The fourth-order valence-electron chi connectivity index (χ4n) is 0.416. The second kappa shape index (κ2) is 4.45. The predicted octanol–water partition coefficient (Wildman–Crippen LogP) is 1.41. The monoisotopic (exact) mass is 138 g/mol. The van der Waals surface area contributed by atoms with Crippen molar-refractivity contribution in [2.24, 2.45) is 0 Å². The van der Waals surface area contributed by atoms with E-state index >= 15 is 0 Å². The van der Waals surface area contributed by atoms with Gasteiger partial charge in [0.15, 0.2) is 0 Å². The summed E-state index contributed by atoms with van der Waals surface area (Å²) in [6.07, 6.45) is 0.0316. The molecular formula is C7H10OSi+. The lowest BCUT2D eigenvalue weighted by molar-refractivity contribution is 0.159. The summed E-state index contributed by atoms with van der Waals surface area (Å²) in [5, 5.41) is 0.841. The second-order valence-electron chi connectivity index (χ2n) is 1.60. The topological polar surface area (TPSA) is 9.23 Å². The van der Waals surface area contributed by atoms with Crippen LogP contribution < -0.4 is 0 Å². The average Bonchev–Trinajstić information content (AvgIpc) is 1.87. The standard InChI is InChI=1S/C7H10OSi/c1-4-7(9)6(3)8-5-2/h5-6H,1H2,2-3H3/q+1. The molecule has 3 radical (unpaired) electrons. The van der Waals surface area contributed by atoms with E-state index in [-0.39, 0.29) is 6.10 Å². The van der Waals surface area contributed by atoms with Gasteiger partial charge in [-0.2, -0.15) is 4.74 Å². The third-order valence-electron chi connectivity index (χ3n) is 0.937. The molecular weight excluding hydrogens is 128 g/mol. The summed E-state index contributed by atoms with van der Waals surface area (Å²) in [5.41, 5.74) is 2.68. The first-order valence-corrected chi connectivity index (χ1v) is 3.27. The quantitative estimate of drug-likeness (QED) is 0.325. The smallest absolute Gasteiger partial charge is 0.189 e. The number of ether oxygens (including phenoxy) is 1. The van der Waals surface area contributed by atoms with E-state index in [0.29, 0.717) is 0 Å². The highest BCUT2D eigenvalue weighted by molar-refractivity contribution is 6.22. The van der Waals surface area contributed by atoms with E-state index in [0.717, 1.165) is 5.20 Å². The van der Waals surface area contributed by atoms with Crippen molar-refractivity contribution in [2.45, 2.75) is 20.0 Å². The lowest BCUT2D eigenvalue weighted by Gasteiger charge is -2.01. The number of rotatable bonds is 3. The summed E-state index contributed by atoms with van der Waals surface area (Å²) in [7, 11) is 3.29. The van der Waals surface area contributed by atoms with E-state index in [1.54, 1.807) is 6.61 Å². The van der Waals surface area contributed by atoms with E-state index in [9.17, 15) is 0 Å². The van der Waals surface area contributed by atoms with Gasteiger partial charge in [-0.1, -0.05) is 6.58 Å². The normalized spacial score (nSPS) is 11.9. The van der Waals surface area contributed by atoms with Crippen molar-refractivity contribution in [3.05, 3.63) is 24.1 Å². The fourth-order valence-corrected chi connectivity index (χ4v) is 0.484. The molecule has 0 aromatic carbocycles. The first-order chi connectivity index (χ1) is 4.22. The maximum atomic E-state index is 5.08. The Hall–Kier alpha value is -0.433. The van der Waals surface area contributed by atoms with Crippen LogP contribution in [0.3, 0.4) is 0 Å². The van der Waals surface area contributed by atoms with E-state index in [1.807, 2.05) is 13.8 Å². The first kappa shape index (κ1) is 8.57. The molecule has 47 valence electrons. The van der Waals surface area contributed by atoms with Gasteiger partial charge in [0.05, 0.1) is 10.2 Å². The van der Waals surface area contributed by atoms with E-state index in [1.165, 1.54) is 0 Å². The lowest BCUT2D eigenvalue weighted by Crippen LogP contribution is -2.08. The molecule has 1 unspecified atom stereocenters. The second-order valence-corrected chi connectivity index (χ2v) is 2.14. The highest BCUT2D eigenvalue weighted by Gasteiger charge is 2.06. The third kappa shape index (κ3) is 3.20. The Balaban J connectivity index is 3.73. The van der Waals surface area contributed by atoms with Gasteiger partial charge in [0.2, 0.25) is 6.61 Å². The summed E-state index contributed by atoms with van der Waals surface area (Å²) in [5.74, 6) is 0. The van der Waals surface area contributed by atoms with Crippen LogP contribution in [0.5, 0.6) is 0 Å². The van der Waals surface area contributed by atoms with Gasteiger partial charge in [-0.25, -0.2) is 0 Å². The molecule has 0 saturated carbocycles. The van der Waals surface area contributed by atoms with Gasteiger partial charge in [0.25, 0.3) is 0 Å². The number of hydrogen-bond acceptors (Lipinski definition) is 1. The predicted molar refractivity (Wildman–Crippen MR) is 38.9 cm³/mol. The molecule has 0 aliphatic heterocycles. The van der Waals surface area contributed by atoms with Gasteiger partial charge in [-0.3, -0.25) is 0 Å². The van der Waals surface area contributed by atoms with Gasteiger partial charge in [-0.05, 0) is 12.1 Å². The van der Waals surface area contributed by atoms with Gasteiger partial charge >= 0.3 is 0 Å². The SMILES string of the molecule is C=C=C([Si])C(C)O[CH+]C. The molecule has 9 heavy (non-hydrogen) atoms. The number of hydrogen-bond donors (Lipinski definition) is 0. The van der Waals surface area contributed by atoms with Crippen LogP contribution in [0.15, 0.2) is 17.5 Å². The zero-order chi connectivity index (χ0) is 7.28. The Bertz CT molecular complexity index is 125. The molecule has 0 saturated heterocycles. The van der Waals surface area contributed by atoms with Crippen LogP contribution in [0.4, 0.5) is 0 Å². The Morgan fingerprint density at radius 2 is 2.44 bits per heavy atom. The lowest BCUT2D eigenvalue weighted by atomic mass is 10.4. The first-order valence-electron chi connectivity index (χ1n) is 2.77. The molecule has 0 aromatic heterocycles. The summed E-state index contributed by atoms with van der Waals surface area (Å²) in [6.45, 7) is 8.85. The molecule has 0 rings (SSSR count). The van der Waals surface area contributed by atoms with Crippen molar-refractivity contribution >= 4 is 10.2 Å². The van der Waals surface area contributed by atoms with Gasteiger partial charge in [0.1, 0.15) is 13.0 Å². The van der Waals surface area contributed by atoms with Crippen LogP contribution >= 0.6 is 0 Å². The zero-order valence-electron chi connectivity index (χ0n) is 5.77. The molecule has 2 heteroatoms. The van der Waals surface area contributed by atoms with Crippen LogP contribution in [-0.2, 0) is 4.74 Å². The van der Waals surface area contributed by atoms with Crippen LogP contribution in [0, 0.1) is 6.61 Å². The third-order valence-corrected chi connectivity index (χ3v) is 1.52. The van der Waals surface area contributed by atoms with E-state index < -0.39 is 0 Å². The maximum Gasteiger partial charge on any atom is 0.225 e. The van der Waals surface area contributed by atoms with Gasteiger partial charge in [-0.15, -0.1) is 5.73 Å². The largest absolute Gasteiger partial charge is 0.225 e. The van der Waals surface area contributed by atoms with E-state index in [4.69, 9.17) is 4.74 Å². The molecule has 0 aliphatic carbocycles. The summed E-state index contributed by atoms with van der Waals surface area (Å²) < 4.78 is 5.08. The fraction of sp³-hybridized carbons (Fsp3) is 0.429. The summed E-state index contributed by atoms with van der Waals surface area (Å²) in [4.78, 5) is 0.